The predicted octanol–water partition coefficient (Wildman–Crippen LogP) is 3.88. The van der Waals surface area contributed by atoms with Crippen molar-refractivity contribution in [2.45, 2.75) is 0 Å². The van der Waals surface area contributed by atoms with Gasteiger partial charge in [0.25, 0.3) is 0 Å². The van der Waals surface area contributed by atoms with Crippen LogP contribution in [0.1, 0.15) is 5.56 Å². The van der Waals surface area contributed by atoms with Gasteiger partial charge in [0.05, 0.1) is 17.6 Å². The van der Waals surface area contributed by atoms with Gasteiger partial charge in [-0.3, -0.25) is 4.90 Å². The van der Waals surface area contributed by atoms with Crippen molar-refractivity contribution in [2.75, 3.05) is 4.90 Å². The zero-order valence-corrected chi connectivity index (χ0v) is 10.7. The van der Waals surface area contributed by atoms with Crippen LogP contribution in [0.4, 0.5) is 10.5 Å². The highest BCUT2D eigenvalue weighted by molar-refractivity contribution is 6.30. The third-order valence-corrected chi connectivity index (χ3v) is 3.14. The summed E-state index contributed by atoms with van der Waals surface area (Å²) in [5, 5.41) is 4.50. The molecule has 0 spiro atoms. The van der Waals surface area contributed by atoms with Crippen molar-refractivity contribution in [2.24, 2.45) is 0 Å². The average Bonchev–Trinajstić information content (AvgIpc) is 2.83. The number of nitrogens with zero attached hydrogens (tertiary/aromatic N) is 2. The van der Waals surface area contributed by atoms with Crippen LogP contribution in [0, 0.1) is 0 Å². The maximum absolute atomic E-state index is 11.9. The number of anilines is 1. The molecule has 0 unspecified atom stereocenters. The van der Waals surface area contributed by atoms with Gasteiger partial charge in [-0.25, -0.2) is 4.79 Å². The first kappa shape index (κ1) is 11.8. The third kappa shape index (κ3) is 2.20. The maximum Gasteiger partial charge on any atom is 0.352 e. The lowest BCUT2D eigenvalue weighted by Crippen LogP contribution is -2.26. The molecule has 93 valence electrons. The summed E-state index contributed by atoms with van der Waals surface area (Å²) < 4.78 is 0. The Morgan fingerprint density at radius 2 is 1.63 bits per heavy atom. The summed E-state index contributed by atoms with van der Waals surface area (Å²) in [5.74, 6) is 0. The van der Waals surface area contributed by atoms with Crippen molar-refractivity contribution in [1.29, 1.82) is 0 Å². The van der Waals surface area contributed by atoms with E-state index in [1.807, 2.05) is 30.3 Å². The number of carbonyl (C=O) groups is 1. The van der Waals surface area contributed by atoms with Gasteiger partial charge in [0.2, 0.25) is 0 Å². The van der Waals surface area contributed by atoms with Gasteiger partial charge in [-0.1, -0.05) is 41.9 Å². The molecule has 0 atom stereocenters. The molecule has 3 nitrogen and oxygen atoms in total. The first-order chi connectivity index (χ1) is 9.25. The van der Waals surface area contributed by atoms with E-state index in [1.54, 1.807) is 35.4 Å². The fourth-order valence-electron chi connectivity index (χ4n) is 1.99. The summed E-state index contributed by atoms with van der Waals surface area (Å²) in [6.07, 6.45) is 1.59. The lowest BCUT2D eigenvalue weighted by Gasteiger charge is -2.19. The van der Waals surface area contributed by atoms with Crippen LogP contribution in [0.5, 0.6) is 0 Å². The zero-order valence-electron chi connectivity index (χ0n) is 9.95. The van der Waals surface area contributed by atoms with Gasteiger partial charge in [-0.15, -0.1) is 0 Å². The average molecular weight is 270 g/mol. The minimum atomic E-state index is -0.291. The molecule has 0 fully saturated rings. The van der Waals surface area contributed by atoms with E-state index in [-0.39, 0.29) is 6.03 Å². The number of benzene rings is 2. The summed E-state index contributed by atoms with van der Waals surface area (Å²) in [5.41, 5.74) is 2.48. The second-order valence-electron chi connectivity index (χ2n) is 4.10. The van der Waals surface area contributed by atoms with Crippen molar-refractivity contribution in [3.63, 3.8) is 0 Å². The highest BCUT2D eigenvalue weighted by atomic mass is 35.5. The van der Waals surface area contributed by atoms with E-state index >= 15 is 0 Å². The Bertz CT molecular complexity index is 635. The first-order valence-corrected chi connectivity index (χ1v) is 6.19. The van der Waals surface area contributed by atoms with E-state index in [0.717, 1.165) is 16.9 Å². The summed E-state index contributed by atoms with van der Waals surface area (Å²) in [7, 11) is 0. The molecule has 0 saturated carbocycles. The Kier molecular flexibility index (Phi) is 2.97. The van der Waals surface area contributed by atoms with E-state index < -0.39 is 0 Å². The molecule has 2 aromatic carbocycles. The molecule has 0 aliphatic carbocycles. The van der Waals surface area contributed by atoms with Gasteiger partial charge in [-0.05, 0) is 24.3 Å². The number of rotatable bonds is 2. The lowest BCUT2D eigenvalue weighted by atomic mass is 10.1. The molecular formula is C15H10ClN2O. The Hall–Kier alpha value is -2.26. The van der Waals surface area contributed by atoms with E-state index in [4.69, 9.17) is 11.6 Å². The zero-order chi connectivity index (χ0) is 13.2. The van der Waals surface area contributed by atoms with E-state index in [1.165, 1.54) is 0 Å². The minimum Gasteiger partial charge on any atom is -0.259 e. The molecule has 1 heterocycles. The topological polar surface area (TPSA) is 34.4 Å². The van der Waals surface area contributed by atoms with Crippen LogP contribution in [0.2, 0.25) is 5.02 Å². The lowest BCUT2D eigenvalue weighted by molar-refractivity contribution is 0.252. The molecule has 1 radical (unpaired) electrons. The van der Waals surface area contributed by atoms with Crippen molar-refractivity contribution >= 4 is 29.0 Å². The molecule has 19 heavy (non-hydrogen) atoms. The van der Waals surface area contributed by atoms with Crippen molar-refractivity contribution in [1.82, 2.24) is 5.32 Å². The third-order valence-electron chi connectivity index (χ3n) is 2.88. The summed E-state index contributed by atoms with van der Waals surface area (Å²) >= 11 is 5.87. The van der Waals surface area contributed by atoms with Crippen LogP contribution >= 0.6 is 11.6 Å². The standard InChI is InChI=1S/C15H10ClN2O/c16-12-6-8-13(9-7-12)18-14(10-17-15(18)19)11-4-2-1-3-5-11/h1-10H. The molecule has 1 aliphatic heterocycles. The molecule has 4 heteroatoms. The molecule has 0 aromatic heterocycles. The van der Waals surface area contributed by atoms with Gasteiger partial charge >= 0.3 is 6.03 Å². The second-order valence-corrected chi connectivity index (χ2v) is 4.54. The smallest absolute Gasteiger partial charge is 0.259 e. The van der Waals surface area contributed by atoms with Gasteiger partial charge in [0.15, 0.2) is 0 Å². The number of halogens is 1. The monoisotopic (exact) mass is 269 g/mol. The fourth-order valence-corrected chi connectivity index (χ4v) is 2.11. The SMILES string of the molecule is O=C1[N]C=C(c2ccccc2)N1c1ccc(Cl)cc1. The number of urea groups is 1. The molecule has 0 N–H and O–H groups in total. The summed E-state index contributed by atoms with van der Waals surface area (Å²) in [4.78, 5) is 13.5. The van der Waals surface area contributed by atoms with Crippen molar-refractivity contribution < 1.29 is 4.79 Å². The highest BCUT2D eigenvalue weighted by Crippen LogP contribution is 2.30. The van der Waals surface area contributed by atoms with E-state index in [9.17, 15) is 4.79 Å². The molecule has 1 aliphatic rings. The van der Waals surface area contributed by atoms with E-state index in [0.29, 0.717) is 5.02 Å². The van der Waals surface area contributed by atoms with Crippen LogP contribution in [0.15, 0.2) is 60.8 Å². The van der Waals surface area contributed by atoms with Crippen LogP contribution in [0.25, 0.3) is 5.70 Å². The van der Waals surface area contributed by atoms with Crippen LogP contribution in [0.3, 0.4) is 0 Å². The first-order valence-electron chi connectivity index (χ1n) is 5.82. The Balaban J connectivity index is 2.01. The Labute approximate surface area is 116 Å². The summed E-state index contributed by atoms with van der Waals surface area (Å²) in [6, 6.07) is 16.5. The molecular weight excluding hydrogens is 260 g/mol. The van der Waals surface area contributed by atoms with Crippen LogP contribution in [-0.4, -0.2) is 6.03 Å². The molecule has 0 bridgehead atoms. The second kappa shape index (κ2) is 4.78. The van der Waals surface area contributed by atoms with Crippen molar-refractivity contribution in [3.05, 3.63) is 71.4 Å². The quantitative estimate of drug-likeness (QED) is 0.815. The summed E-state index contributed by atoms with van der Waals surface area (Å²) in [6.45, 7) is 0. The molecule has 2 aromatic rings. The molecule has 3 rings (SSSR count). The Morgan fingerprint density at radius 1 is 0.947 bits per heavy atom. The highest BCUT2D eigenvalue weighted by Gasteiger charge is 2.27. The number of carbonyl (C=O) groups excluding carboxylic acids is 1. The normalized spacial score (nSPS) is 14.3. The fraction of sp³-hybridized carbons (Fsp3) is 0. The largest absolute Gasteiger partial charge is 0.352 e. The Morgan fingerprint density at radius 3 is 2.32 bits per heavy atom. The predicted molar refractivity (Wildman–Crippen MR) is 75.9 cm³/mol. The van der Waals surface area contributed by atoms with Gasteiger partial charge in [0.1, 0.15) is 0 Å². The number of hydrogen-bond acceptors (Lipinski definition) is 1. The van der Waals surface area contributed by atoms with Gasteiger partial charge in [0, 0.05) is 10.6 Å². The van der Waals surface area contributed by atoms with Gasteiger partial charge < -0.3 is 0 Å². The maximum atomic E-state index is 11.9. The van der Waals surface area contributed by atoms with Gasteiger partial charge in [-0.2, -0.15) is 5.32 Å². The molecule has 2 amide bonds. The van der Waals surface area contributed by atoms with Crippen molar-refractivity contribution in [3.8, 4) is 0 Å². The number of amides is 2. The minimum absolute atomic E-state index is 0.291. The number of hydrogen-bond donors (Lipinski definition) is 0. The van der Waals surface area contributed by atoms with Crippen LogP contribution in [-0.2, 0) is 0 Å². The van der Waals surface area contributed by atoms with Crippen LogP contribution < -0.4 is 10.2 Å². The molecule has 0 saturated heterocycles. The van der Waals surface area contributed by atoms with E-state index in [2.05, 4.69) is 5.32 Å².